The van der Waals surface area contributed by atoms with E-state index in [1.54, 1.807) is 7.11 Å². The van der Waals surface area contributed by atoms with Gasteiger partial charge in [0, 0.05) is 25.8 Å². The highest BCUT2D eigenvalue weighted by Crippen LogP contribution is 2.21. The van der Waals surface area contributed by atoms with Gasteiger partial charge in [-0.05, 0) is 37.6 Å². The highest BCUT2D eigenvalue weighted by Gasteiger charge is 2.18. The third kappa shape index (κ3) is 3.49. The first-order chi connectivity index (χ1) is 9.61. The Bertz CT molecular complexity index is 470. The average molecular weight is 277 g/mol. The van der Waals surface area contributed by atoms with Crippen LogP contribution in [0, 0.1) is 5.41 Å². The minimum Gasteiger partial charge on any atom is -0.496 e. The van der Waals surface area contributed by atoms with Crippen molar-refractivity contribution in [3.63, 3.8) is 0 Å². The summed E-state index contributed by atoms with van der Waals surface area (Å²) in [6.45, 7) is 2.53. The maximum atomic E-state index is 7.62. The van der Waals surface area contributed by atoms with Crippen LogP contribution in [0.25, 0.3) is 0 Å². The summed E-state index contributed by atoms with van der Waals surface area (Å²) in [6.07, 6.45) is 2.15. The number of methoxy groups -OCH3 is 1. The summed E-state index contributed by atoms with van der Waals surface area (Å²) in [4.78, 5) is 2.34. The van der Waals surface area contributed by atoms with Gasteiger partial charge in [-0.2, -0.15) is 0 Å². The standard InChI is InChI=1S/C15H23N3O2/c1-18(12-5-7-20-8-6-12)10-11-3-4-14(19-2)13(9-11)15(16)17/h3-4,9,12H,5-8,10H2,1-2H3,(H3,16,17). The van der Waals surface area contributed by atoms with E-state index in [0.29, 0.717) is 17.4 Å². The van der Waals surface area contributed by atoms with Gasteiger partial charge in [-0.15, -0.1) is 0 Å². The number of nitrogens with zero attached hydrogens (tertiary/aromatic N) is 1. The lowest BCUT2D eigenvalue weighted by Crippen LogP contribution is -2.36. The van der Waals surface area contributed by atoms with Gasteiger partial charge in [0.2, 0.25) is 0 Å². The van der Waals surface area contributed by atoms with Crippen LogP contribution in [0.2, 0.25) is 0 Å². The molecule has 0 aromatic heterocycles. The van der Waals surface area contributed by atoms with E-state index >= 15 is 0 Å². The number of hydrogen-bond donors (Lipinski definition) is 2. The van der Waals surface area contributed by atoms with E-state index in [1.165, 1.54) is 0 Å². The SMILES string of the molecule is COc1ccc(CN(C)C2CCOCC2)cc1C(=N)N. The molecule has 1 aliphatic rings. The Morgan fingerprint density at radius 1 is 1.45 bits per heavy atom. The molecule has 0 amide bonds. The van der Waals surface area contributed by atoms with E-state index in [-0.39, 0.29) is 5.84 Å². The first-order valence-electron chi connectivity index (χ1n) is 6.91. The Morgan fingerprint density at radius 3 is 2.75 bits per heavy atom. The van der Waals surface area contributed by atoms with Crippen molar-refractivity contribution in [3.8, 4) is 5.75 Å². The Kier molecular flexibility index (Phi) is 4.98. The van der Waals surface area contributed by atoms with Crippen LogP contribution < -0.4 is 10.5 Å². The lowest BCUT2D eigenvalue weighted by Gasteiger charge is -2.31. The Labute approximate surface area is 120 Å². The van der Waals surface area contributed by atoms with Gasteiger partial charge >= 0.3 is 0 Å². The van der Waals surface area contributed by atoms with Crippen LogP contribution in [0.5, 0.6) is 5.75 Å². The third-order valence-corrected chi connectivity index (χ3v) is 3.80. The first kappa shape index (κ1) is 14.8. The van der Waals surface area contributed by atoms with Crippen molar-refractivity contribution in [1.29, 1.82) is 5.41 Å². The molecule has 1 aromatic carbocycles. The van der Waals surface area contributed by atoms with Gasteiger partial charge in [0.05, 0.1) is 12.7 Å². The second-order valence-corrected chi connectivity index (χ2v) is 5.21. The van der Waals surface area contributed by atoms with Crippen molar-refractivity contribution in [2.24, 2.45) is 5.73 Å². The molecule has 2 rings (SSSR count). The molecule has 1 heterocycles. The molecule has 0 unspecified atom stereocenters. The Balaban J connectivity index is 2.08. The number of amidine groups is 1. The highest BCUT2D eigenvalue weighted by atomic mass is 16.5. The fourth-order valence-corrected chi connectivity index (χ4v) is 2.61. The molecule has 1 aliphatic heterocycles. The maximum Gasteiger partial charge on any atom is 0.129 e. The molecule has 0 aliphatic carbocycles. The van der Waals surface area contributed by atoms with E-state index < -0.39 is 0 Å². The molecule has 0 bridgehead atoms. The molecular weight excluding hydrogens is 254 g/mol. The molecule has 5 heteroatoms. The molecule has 1 aromatic rings. The van der Waals surface area contributed by atoms with E-state index in [4.69, 9.17) is 20.6 Å². The molecule has 1 saturated heterocycles. The predicted octanol–water partition coefficient (Wildman–Crippen LogP) is 1.59. The number of nitrogen functional groups attached to an aromatic ring is 1. The summed E-state index contributed by atoms with van der Waals surface area (Å²) in [6, 6.07) is 6.41. The van der Waals surface area contributed by atoms with Crippen molar-refractivity contribution in [2.75, 3.05) is 27.4 Å². The minimum absolute atomic E-state index is 0.0393. The van der Waals surface area contributed by atoms with Crippen LogP contribution >= 0.6 is 0 Å². The van der Waals surface area contributed by atoms with Crippen LogP contribution in [0.3, 0.4) is 0 Å². The monoisotopic (exact) mass is 277 g/mol. The summed E-state index contributed by atoms with van der Waals surface area (Å²) in [5.74, 6) is 0.687. The number of hydrogen-bond acceptors (Lipinski definition) is 4. The van der Waals surface area contributed by atoms with E-state index in [2.05, 4.69) is 11.9 Å². The quantitative estimate of drug-likeness (QED) is 0.633. The Morgan fingerprint density at radius 2 is 2.15 bits per heavy atom. The summed E-state index contributed by atoms with van der Waals surface area (Å²) < 4.78 is 10.6. The molecule has 3 N–H and O–H groups in total. The largest absolute Gasteiger partial charge is 0.496 e. The van der Waals surface area contributed by atoms with Gasteiger partial charge in [0.1, 0.15) is 11.6 Å². The zero-order valence-electron chi connectivity index (χ0n) is 12.2. The lowest BCUT2D eigenvalue weighted by atomic mass is 10.0. The Hall–Kier alpha value is -1.59. The summed E-state index contributed by atoms with van der Waals surface area (Å²) in [5.41, 5.74) is 7.41. The van der Waals surface area contributed by atoms with Crippen LogP contribution in [0.15, 0.2) is 18.2 Å². The molecule has 110 valence electrons. The molecule has 0 atom stereocenters. The average Bonchev–Trinajstić information content (AvgIpc) is 2.48. The van der Waals surface area contributed by atoms with E-state index in [9.17, 15) is 0 Å². The summed E-state index contributed by atoms with van der Waals surface area (Å²) in [7, 11) is 3.73. The van der Waals surface area contributed by atoms with Crippen molar-refractivity contribution in [2.45, 2.75) is 25.4 Å². The second-order valence-electron chi connectivity index (χ2n) is 5.21. The van der Waals surface area contributed by atoms with Crippen LogP contribution in [0.1, 0.15) is 24.0 Å². The zero-order chi connectivity index (χ0) is 14.5. The molecular formula is C15H23N3O2. The number of ether oxygens (including phenoxy) is 2. The molecule has 0 radical (unpaired) electrons. The number of rotatable bonds is 5. The van der Waals surface area contributed by atoms with Gasteiger partial charge in [-0.1, -0.05) is 6.07 Å². The molecule has 0 saturated carbocycles. The van der Waals surface area contributed by atoms with E-state index in [0.717, 1.165) is 38.2 Å². The van der Waals surface area contributed by atoms with Crippen LogP contribution in [-0.2, 0) is 11.3 Å². The van der Waals surface area contributed by atoms with Crippen molar-refractivity contribution < 1.29 is 9.47 Å². The molecule has 1 fully saturated rings. The normalized spacial score (nSPS) is 16.4. The van der Waals surface area contributed by atoms with Gasteiger partial charge in [0.25, 0.3) is 0 Å². The fourth-order valence-electron chi connectivity index (χ4n) is 2.61. The summed E-state index contributed by atoms with van der Waals surface area (Å²) >= 11 is 0. The predicted molar refractivity (Wildman–Crippen MR) is 79.3 cm³/mol. The topological polar surface area (TPSA) is 71.6 Å². The zero-order valence-corrected chi connectivity index (χ0v) is 12.2. The van der Waals surface area contributed by atoms with Crippen LogP contribution in [0.4, 0.5) is 0 Å². The fraction of sp³-hybridized carbons (Fsp3) is 0.533. The highest BCUT2D eigenvalue weighted by molar-refractivity contribution is 5.97. The van der Waals surface area contributed by atoms with Gasteiger partial charge in [0.15, 0.2) is 0 Å². The number of nitrogens with two attached hydrogens (primary N) is 1. The van der Waals surface area contributed by atoms with Crippen molar-refractivity contribution >= 4 is 5.84 Å². The minimum atomic E-state index is 0.0393. The first-order valence-corrected chi connectivity index (χ1v) is 6.91. The van der Waals surface area contributed by atoms with Gasteiger partial charge in [-0.3, -0.25) is 10.3 Å². The molecule has 0 spiro atoms. The lowest BCUT2D eigenvalue weighted by molar-refractivity contribution is 0.0407. The number of nitrogens with one attached hydrogen (secondary N) is 1. The second kappa shape index (κ2) is 6.72. The number of benzene rings is 1. The van der Waals surface area contributed by atoms with Gasteiger partial charge < -0.3 is 15.2 Å². The smallest absolute Gasteiger partial charge is 0.129 e. The molecule has 5 nitrogen and oxygen atoms in total. The van der Waals surface area contributed by atoms with Crippen molar-refractivity contribution in [3.05, 3.63) is 29.3 Å². The van der Waals surface area contributed by atoms with Gasteiger partial charge in [-0.25, -0.2) is 0 Å². The molecule has 20 heavy (non-hydrogen) atoms. The summed E-state index contributed by atoms with van der Waals surface area (Å²) in [5, 5.41) is 7.62. The third-order valence-electron chi connectivity index (χ3n) is 3.80. The van der Waals surface area contributed by atoms with Crippen LogP contribution in [-0.4, -0.2) is 44.1 Å². The maximum absolute atomic E-state index is 7.62. The van der Waals surface area contributed by atoms with E-state index in [1.807, 2.05) is 18.2 Å². The van der Waals surface area contributed by atoms with Crippen molar-refractivity contribution in [1.82, 2.24) is 4.90 Å².